The lowest BCUT2D eigenvalue weighted by molar-refractivity contribution is -0.112. The third-order valence-electron chi connectivity index (χ3n) is 10.9. The lowest BCUT2D eigenvalue weighted by Gasteiger charge is -2.31. The molecule has 0 saturated carbocycles. The van der Waals surface area contributed by atoms with Gasteiger partial charge in [0.15, 0.2) is 0 Å². The SMILES string of the molecule is CCCCN1C=CC(=C2C(=O)C(c3ccc4[nH]c5ccc(C6=C(O)C(=C7C=CN(CCCC)c8ccccc87)C6=O)cc5c4c3)=C2O)c2ccccc21. The van der Waals surface area contributed by atoms with Gasteiger partial charge in [0.25, 0.3) is 0 Å². The quantitative estimate of drug-likeness (QED) is 0.140. The Morgan fingerprint density at radius 2 is 1.00 bits per heavy atom. The number of hydrogen-bond acceptors (Lipinski definition) is 6. The molecule has 0 amide bonds. The maximum absolute atomic E-state index is 13.8. The van der Waals surface area contributed by atoms with Crippen molar-refractivity contribution in [2.75, 3.05) is 22.9 Å². The Kier molecular flexibility index (Phi) is 7.81. The van der Waals surface area contributed by atoms with Gasteiger partial charge in [0.05, 0.1) is 22.3 Å². The second kappa shape index (κ2) is 12.7. The number of aromatic amines is 1. The molecule has 53 heavy (non-hydrogen) atoms. The van der Waals surface area contributed by atoms with E-state index in [0.717, 1.165) is 94.2 Å². The van der Waals surface area contributed by atoms with Crippen LogP contribution in [0.25, 0.3) is 44.1 Å². The Bertz CT molecular complexity index is 2430. The Hall–Kier alpha value is -6.34. The summed E-state index contributed by atoms with van der Waals surface area (Å²) in [5.41, 5.74) is 9.59. The minimum atomic E-state index is -0.193. The number of aliphatic hydroxyl groups excluding tert-OH is 2. The van der Waals surface area contributed by atoms with Gasteiger partial charge in [-0.15, -0.1) is 0 Å². The zero-order chi connectivity index (χ0) is 36.4. The van der Waals surface area contributed by atoms with Crippen LogP contribution in [0.3, 0.4) is 0 Å². The first-order chi connectivity index (χ1) is 25.9. The minimum absolute atomic E-state index is 0.00568. The highest BCUT2D eigenvalue weighted by Gasteiger charge is 2.40. The number of H-pyrrole nitrogens is 1. The summed E-state index contributed by atoms with van der Waals surface area (Å²) in [4.78, 5) is 35.5. The maximum Gasteiger partial charge on any atom is 0.201 e. The zero-order valence-electron chi connectivity index (χ0n) is 29.7. The smallest absolute Gasteiger partial charge is 0.201 e. The Labute approximate surface area is 307 Å². The molecule has 4 aliphatic rings. The van der Waals surface area contributed by atoms with E-state index >= 15 is 0 Å². The number of anilines is 2. The van der Waals surface area contributed by atoms with E-state index < -0.39 is 0 Å². The van der Waals surface area contributed by atoms with Crippen molar-refractivity contribution in [3.8, 4) is 0 Å². The van der Waals surface area contributed by atoms with Crippen molar-refractivity contribution in [3.63, 3.8) is 0 Å². The molecule has 2 aliphatic heterocycles. The Morgan fingerprint density at radius 1 is 0.566 bits per heavy atom. The number of unbranched alkanes of at least 4 members (excludes halogenated alkanes) is 2. The number of aromatic nitrogens is 1. The molecule has 9 rings (SSSR count). The Morgan fingerprint density at radius 3 is 1.42 bits per heavy atom. The van der Waals surface area contributed by atoms with Crippen molar-refractivity contribution in [1.29, 1.82) is 0 Å². The molecule has 3 N–H and O–H groups in total. The number of carbonyl (C=O) groups is 2. The molecule has 0 unspecified atom stereocenters. The maximum atomic E-state index is 13.8. The summed E-state index contributed by atoms with van der Waals surface area (Å²) in [6, 6.07) is 27.4. The van der Waals surface area contributed by atoms with Crippen LogP contribution in [0, 0.1) is 0 Å². The van der Waals surface area contributed by atoms with Crippen LogP contribution in [-0.4, -0.2) is 39.9 Å². The summed E-state index contributed by atoms with van der Waals surface area (Å²) >= 11 is 0. The molecule has 2 aliphatic carbocycles. The number of Topliss-reactive ketones (excluding diaryl/α,β-unsaturated/α-hetero) is 2. The predicted octanol–water partition coefficient (Wildman–Crippen LogP) is 10.2. The summed E-state index contributed by atoms with van der Waals surface area (Å²) < 4.78 is 0. The number of para-hydroxylation sites is 2. The van der Waals surface area contributed by atoms with Gasteiger partial charge in [-0.05, 0) is 72.5 Å². The monoisotopic (exact) mass is 697 g/mol. The van der Waals surface area contributed by atoms with Gasteiger partial charge in [0.1, 0.15) is 11.5 Å². The molecule has 0 spiro atoms. The molecule has 0 bridgehead atoms. The van der Waals surface area contributed by atoms with Crippen LogP contribution in [0.2, 0.25) is 0 Å². The van der Waals surface area contributed by atoms with E-state index in [0.29, 0.717) is 33.4 Å². The van der Waals surface area contributed by atoms with Crippen LogP contribution in [0.5, 0.6) is 0 Å². The molecule has 5 aromatic rings. The summed E-state index contributed by atoms with van der Waals surface area (Å²) in [6.45, 7) is 6.10. The number of fused-ring (bicyclic) bond motifs is 5. The Balaban J connectivity index is 1.08. The number of nitrogens with zero attached hydrogens (tertiary/aromatic N) is 2. The first-order valence-corrected chi connectivity index (χ1v) is 18.5. The van der Waals surface area contributed by atoms with Gasteiger partial charge in [0.2, 0.25) is 11.6 Å². The molecule has 0 saturated heterocycles. The van der Waals surface area contributed by atoms with Crippen molar-refractivity contribution < 1.29 is 19.8 Å². The first-order valence-electron chi connectivity index (χ1n) is 18.5. The third-order valence-corrected chi connectivity index (χ3v) is 10.9. The van der Waals surface area contributed by atoms with E-state index in [1.807, 2.05) is 97.3 Å². The van der Waals surface area contributed by atoms with Crippen molar-refractivity contribution in [1.82, 2.24) is 4.98 Å². The van der Waals surface area contributed by atoms with Crippen LogP contribution in [0.1, 0.15) is 61.8 Å². The van der Waals surface area contributed by atoms with Gasteiger partial charge in [0, 0.05) is 80.9 Å². The zero-order valence-corrected chi connectivity index (χ0v) is 29.7. The van der Waals surface area contributed by atoms with E-state index in [1.54, 1.807) is 0 Å². The van der Waals surface area contributed by atoms with Gasteiger partial charge in [-0.25, -0.2) is 0 Å². The molecular weight excluding hydrogens is 659 g/mol. The number of ketones is 2. The van der Waals surface area contributed by atoms with Crippen LogP contribution < -0.4 is 9.80 Å². The number of hydrogen-bond donors (Lipinski definition) is 3. The minimum Gasteiger partial charge on any atom is -0.506 e. The average Bonchev–Trinajstić information content (AvgIpc) is 3.54. The van der Waals surface area contributed by atoms with Crippen LogP contribution in [0.15, 0.2) is 132 Å². The van der Waals surface area contributed by atoms with Crippen LogP contribution in [0.4, 0.5) is 11.4 Å². The molecule has 0 fully saturated rings. The van der Waals surface area contributed by atoms with Crippen LogP contribution in [-0.2, 0) is 9.59 Å². The number of aliphatic hydroxyl groups is 2. The number of carbonyl (C=O) groups excluding carboxylic acids is 2. The molecule has 0 atom stereocenters. The number of rotatable bonds is 8. The fourth-order valence-electron chi connectivity index (χ4n) is 8.10. The summed E-state index contributed by atoms with van der Waals surface area (Å²) in [5, 5.41) is 24.6. The van der Waals surface area contributed by atoms with Gasteiger partial charge in [-0.2, -0.15) is 0 Å². The normalized spacial score (nSPS) is 19.4. The highest BCUT2D eigenvalue weighted by atomic mass is 16.3. The third kappa shape index (κ3) is 5.02. The van der Waals surface area contributed by atoms with Crippen LogP contribution >= 0.6 is 0 Å². The van der Waals surface area contributed by atoms with Gasteiger partial charge >= 0.3 is 0 Å². The number of benzene rings is 4. The van der Waals surface area contributed by atoms with Gasteiger partial charge < -0.3 is 25.0 Å². The summed E-state index contributed by atoms with van der Waals surface area (Å²) in [7, 11) is 0. The summed E-state index contributed by atoms with van der Waals surface area (Å²) in [6.07, 6.45) is 12.1. The van der Waals surface area contributed by atoms with Crippen molar-refractivity contribution >= 4 is 67.0 Å². The highest BCUT2D eigenvalue weighted by molar-refractivity contribution is 6.43. The molecule has 7 heteroatoms. The molecule has 4 aromatic carbocycles. The molecule has 1 aromatic heterocycles. The van der Waals surface area contributed by atoms with E-state index in [1.165, 1.54) is 0 Å². The molecule has 0 radical (unpaired) electrons. The number of allylic oxidation sites excluding steroid dienone is 8. The number of nitrogens with one attached hydrogen (secondary N) is 1. The predicted molar refractivity (Wildman–Crippen MR) is 214 cm³/mol. The standard InChI is InChI=1S/C46H39N3O4/c1-3-5-21-48-23-19-31(29-11-7-9-13-37(29)48)41-43(50)39(44(41)51)27-15-17-35-33(25-27)34-26-28(16-18-36(34)47-35)40-45(52)42(46(40)53)32-20-24-49(22-6-4-2)38-14-10-8-12-30(32)38/h7-20,23-26,47,50,52H,3-6,21-22H2,1-2H3. The van der Waals surface area contributed by atoms with Crippen molar-refractivity contribution in [3.05, 3.63) is 154 Å². The van der Waals surface area contributed by atoms with Gasteiger partial charge in [-0.3, -0.25) is 9.59 Å². The lowest BCUT2D eigenvalue weighted by atomic mass is 9.78. The molecule has 3 heterocycles. The first kappa shape index (κ1) is 32.6. The second-order valence-corrected chi connectivity index (χ2v) is 14.1. The highest BCUT2D eigenvalue weighted by Crippen LogP contribution is 2.47. The largest absolute Gasteiger partial charge is 0.506 e. The fraction of sp³-hybridized carbons (Fsp3) is 0.174. The molecular formula is C46H39N3O4. The fourth-order valence-corrected chi connectivity index (χ4v) is 8.10. The topological polar surface area (TPSA) is 96.9 Å². The van der Waals surface area contributed by atoms with E-state index in [2.05, 4.69) is 40.8 Å². The van der Waals surface area contributed by atoms with Gasteiger partial charge in [-0.1, -0.05) is 75.2 Å². The van der Waals surface area contributed by atoms with E-state index in [4.69, 9.17) is 0 Å². The molecule has 262 valence electrons. The second-order valence-electron chi connectivity index (χ2n) is 14.1. The van der Waals surface area contributed by atoms with Crippen molar-refractivity contribution in [2.45, 2.75) is 39.5 Å². The summed E-state index contributed by atoms with van der Waals surface area (Å²) in [5.74, 6) is -0.398. The van der Waals surface area contributed by atoms with E-state index in [-0.39, 0.29) is 23.1 Å². The van der Waals surface area contributed by atoms with E-state index in [9.17, 15) is 19.8 Å². The lowest BCUT2D eigenvalue weighted by Crippen LogP contribution is -2.25. The average molecular weight is 698 g/mol. The van der Waals surface area contributed by atoms with Crippen molar-refractivity contribution in [2.24, 2.45) is 0 Å². The molecule has 7 nitrogen and oxygen atoms in total.